The van der Waals surface area contributed by atoms with Gasteiger partial charge in [0.1, 0.15) is 0 Å². The zero-order valence-corrected chi connectivity index (χ0v) is 15.3. The highest BCUT2D eigenvalue weighted by Crippen LogP contribution is 2.32. The first-order valence-corrected chi connectivity index (χ1v) is 9.01. The monoisotopic (exact) mass is 270 g/mol. The third kappa shape index (κ3) is 12.8. The Bertz CT molecular complexity index is 159. The molecule has 3 atom stereocenters. The Morgan fingerprint density at radius 2 is 1.37 bits per heavy atom. The molecule has 19 heavy (non-hydrogen) atoms. The molecule has 1 rings (SSSR count). The van der Waals surface area contributed by atoms with E-state index in [1.165, 1.54) is 44.9 Å². The van der Waals surface area contributed by atoms with Crippen molar-refractivity contribution >= 4 is 0 Å². The third-order valence-electron chi connectivity index (χ3n) is 4.57. The molecule has 0 radical (unpaired) electrons. The largest absolute Gasteiger partial charge is 0.0683 e. The molecule has 0 aliphatic heterocycles. The van der Waals surface area contributed by atoms with Gasteiger partial charge < -0.3 is 0 Å². The highest BCUT2D eigenvalue weighted by atomic mass is 14.3. The van der Waals surface area contributed by atoms with Crippen LogP contribution in [0.5, 0.6) is 0 Å². The van der Waals surface area contributed by atoms with Crippen LogP contribution in [0.15, 0.2) is 0 Å². The van der Waals surface area contributed by atoms with Crippen molar-refractivity contribution in [2.75, 3.05) is 0 Å². The summed E-state index contributed by atoms with van der Waals surface area (Å²) in [7, 11) is 0. The molecule has 0 aromatic rings. The number of rotatable bonds is 3. The lowest BCUT2D eigenvalue weighted by atomic mass is 9.86. The smallest absolute Gasteiger partial charge is 0.0388 e. The Morgan fingerprint density at radius 1 is 0.842 bits per heavy atom. The van der Waals surface area contributed by atoms with E-state index >= 15 is 0 Å². The van der Waals surface area contributed by atoms with Gasteiger partial charge in [0.25, 0.3) is 0 Å². The number of hydrogen-bond donors (Lipinski definition) is 0. The lowest BCUT2D eigenvalue weighted by molar-refractivity contribution is 0.309. The summed E-state index contributed by atoms with van der Waals surface area (Å²) in [6, 6.07) is 0. The Morgan fingerprint density at radius 3 is 1.79 bits per heavy atom. The Balaban J connectivity index is 0. The van der Waals surface area contributed by atoms with Gasteiger partial charge in [0.05, 0.1) is 0 Å². The summed E-state index contributed by atoms with van der Waals surface area (Å²) in [6.07, 6.45) is 10.1. The third-order valence-corrected chi connectivity index (χ3v) is 4.57. The zero-order chi connectivity index (χ0) is 15.3. The van der Waals surface area contributed by atoms with Gasteiger partial charge in [-0.15, -0.1) is 0 Å². The maximum Gasteiger partial charge on any atom is -0.0388 e. The second-order valence-electron chi connectivity index (χ2n) is 6.56. The zero-order valence-electron chi connectivity index (χ0n) is 15.3. The van der Waals surface area contributed by atoms with Gasteiger partial charge in [0.15, 0.2) is 0 Å². The summed E-state index contributed by atoms with van der Waals surface area (Å²) in [4.78, 5) is 0. The fourth-order valence-electron chi connectivity index (χ4n) is 2.42. The van der Waals surface area contributed by atoms with Crippen LogP contribution < -0.4 is 0 Å². The molecule has 1 fully saturated rings. The quantitative estimate of drug-likeness (QED) is 0.471. The topological polar surface area (TPSA) is 0 Å². The van der Waals surface area contributed by atoms with Gasteiger partial charge in [-0.1, -0.05) is 93.9 Å². The maximum atomic E-state index is 2.43. The first-order chi connectivity index (χ1) is 9.01. The summed E-state index contributed by atoms with van der Waals surface area (Å²) in [5.41, 5.74) is 0. The molecule has 0 amide bonds. The average molecular weight is 271 g/mol. The second kappa shape index (κ2) is 14.4. The van der Waals surface area contributed by atoms with Crippen molar-refractivity contribution in [3.05, 3.63) is 0 Å². The van der Waals surface area contributed by atoms with Gasteiger partial charge >= 0.3 is 0 Å². The first kappa shape index (κ1) is 21.3. The van der Waals surface area contributed by atoms with Crippen LogP contribution in [0, 0.1) is 23.7 Å². The normalized spacial score (nSPS) is 24.5. The molecule has 0 heteroatoms. The van der Waals surface area contributed by atoms with E-state index in [1.54, 1.807) is 0 Å². The van der Waals surface area contributed by atoms with Crippen LogP contribution in [0.4, 0.5) is 0 Å². The predicted molar refractivity (Wildman–Crippen MR) is 91.7 cm³/mol. The van der Waals surface area contributed by atoms with E-state index in [9.17, 15) is 0 Å². The van der Waals surface area contributed by atoms with Crippen molar-refractivity contribution in [3.63, 3.8) is 0 Å². The van der Waals surface area contributed by atoms with E-state index in [4.69, 9.17) is 0 Å². The molecule has 0 saturated heterocycles. The summed E-state index contributed by atoms with van der Waals surface area (Å²) in [6.45, 7) is 17.8. The predicted octanol–water partition coefficient (Wildman–Crippen LogP) is 7.33. The van der Waals surface area contributed by atoms with Crippen LogP contribution in [0.2, 0.25) is 0 Å². The van der Waals surface area contributed by atoms with Gasteiger partial charge in [-0.25, -0.2) is 0 Å². The minimum Gasteiger partial charge on any atom is -0.0683 e. The van der Waals surface area contributed by atoms with Crippen LogP contribution in [-0.2, 0) is 0 Å². The highest BCUT2D eigenvalue weighted by molar-refractivity contribution is 4.71. The molecule has 0 spiro atoms. The van der Waals surface area contributed by atoms with E-state index in [1.807, 2.05) is 13.8 Å². The molecule has 0 nitrogen and oxygen atoms in total. The molecular formula is C19H42. The molecule has 118 valence electrons. The lowest BCUT2D eigenvalue weighted by Crippen LogP contribution is -2.09. The van der Waals surface area contributed by atoms with Crippen molar-refractivity contribution in [1.82, 2.24) is 0 Å². The summed E-state index contributed by atoms with van der Waals surface area (Å²) < 4.78 is 0. The minimum atomic E-state index is 0.884. The second-order valence-corrected chi connectivity index (χ2v) is 6.56. The van der Waals surface area contributed by atoms with Gasteiger partial charge in [0.2, 0.25) is 0 Å². The summed E-state index contributed by atoms with van der Waals surface area (Å²) in [5, 5.41) is 0. The van der Waals surface area contributed by atoms with Gasteiger partial charge in [-0.2, -0.15) is 0 Å². The number of hydrogen-bond acceptors (Lipinski definition) is 0. The van der Waals surface area contributed by atoms with Crippen LogP contribution >= 0.6 is 0 Å². The van der Waals surface area contributed by atoms with E-state index in [2.05, 4.69) is 41.5 Å². The van der Waals surface area contributed by atoms with Crippen LogP contribution in [0.3, 0.4) is 0 Å². The molecule has 1 aliphatic rings. The van der Waals surface area contributed by atoms with E-state index < -0.39 is 0 Å². The van der Waals surface area contributed by atoms with Gasteiger partial charge in [-0.3, -0.25) is 0 Å². The van der Waals surface area contributed by atoms with Crippen molar-refractivity contribution < 1.29 is 0 Å². The molecular weight excluding hydrogens is 228 g/mol. The van der Waals surface area contributed by atoms with Crippen molar-refractivity contribution in [2.24, 2.45) is 23.7 Å². The van der Waals surface area contributed by atoms with E-state index in [-0.39, 0.29) is 0 Å². The van der Waals surface area contributed by atoms with Crippen LogP contribution in [-0.4, -0.2) is 0 Å². The SMILES string of the molecule is CC.CCC(C)C.CCC(C)C1CCCC(C)CC1. The maximum absolute atomic E-state index is 2.43. The summed E-state index contributed by atoms with van der Waals surface area (Å²) in [5.74, 6) is 3.89. The molecule has 3 unspecified atom stereocenters. The average Bonchev–Trinajstić information content (AvgIpc) is 2.65. The van der Waals surface area contributed by atoms with Crippen LogP contribution in [0.1, 0.15) is 100 Å². The molecule has 0 N–H and O–H groups in total. The molecule has 1 aliphatic carbocycles. The first-order valence-electron chi connectivity index (χ1n) is 9.01. The fourth-order valence-corrected chi connectivity index (χ4v) is 2.42. The summed E-state index contributed by atoms with van der Waals surface area (Å²) >= 11 is 0. The molecule has 1 saturated carbocycles. The standard InChI is InChI=1S/C12H24.C5H12.C2H6/c1-4-11(3)12-7-5-6-10(2)8-9-12;1-4-5(2)3;1-2/h10-12H,4-9H2,1-3H3;5H,4H2,1-3H3;1-2H3. The fraction of sp³-hybridized carbons (Fsp3) is 1.00. The van der Waals surface area contributed by atoms with Crippen molar-refractivity contribution in [3.8, 4) is 0 Å². The van der Waals surface area contributed by atoms with Crippen LogP contribution in [0.25, 0.3) is 0 Å². The Labute approximate surface area is 124 Å². The van der Waals surface area contributed by atoms with Crippen molar-refractivity contribution in [2.45, 2.75) is 100 Å². The molecule has 0 aromatic carbocycles. The van der Waals surface area contributed by atoms with E-state index in [0.717, 1.165) is 23.7 Å². The van der Waals surface area contributed by atoms with Gasteiger partial charge in [-0.05, 0) is 30.1 Å². The highest BCUT2D eigenvalue weighted by Gasteiger charge is 2.19. The van der Waals surface area contributed by atoms with Gasteiger partial charge in [0, 0.05) is 0 Å². The molecule has 0 heterocycles. The molecule has 0 aromatic heterocycles. The lowest BCUT2D eigenvalue weighted by Gasteiger charge is -2.20. The minimum absolute atomic E-state index is 0.884. The molecule has 0 bridgehead atoms. The Hall–Kier alpha value is 0. The van der Waals surface area contributed by atoms with Crippen molar-refractivity contribution in [1.29, 1.82) is 0 Å². The Kier molecular flexibility index (Phi) is 16.2. The van der Waals surface area contributed by atoms with E-state index in [0.29, 0.717) is 0 Å².